The first-order valence-corrected chi connectivity index (χ1v) is 8.35. The quantitative estimate of drug-likeness (QED) is 0.908. The third-order valence-corrected chi connectivity index (χ3v) is 5.00. The van der Waals surface area contributed by atoms with Gasteiger partial charge in [-0.05, 0) is 37.8 Å². The lowest BCUT2D eigenvalue weighted by atomic mass is 9.78. The van der Waals surface area contributed by atoms with E-state index in [1.807, 2.05) is 0 Å². The molecule has 0 bridgehead atoms. The van der Waals surface area contributed by atoms with E-state index in [9.17, 15) is 0 Å². The van der Waals surface area contributed by atoms with Crippen molar-refractivity contribution >= 4 is 11.4 Å². The van der Waals surface area contributed by atoms with Gasteiger partial charge in [0.2, 0.25) is 0 Å². The molecule has 0 aromatic heterocycles. The van der Waals surface area contributed by atoms with Crippen LogP contribution >= 0.6 is 0 Å². The van der Waals surface area contributed by atoms with Gasteiger partial charge in [-0.2, -0.15) is 0 Å². The molecule has 0 radical (unpaired) electrons. The molecule has 3 rings (SSSR count). The summed E-state index contributed by atoms with van der Waals surface area (Å²) in [6.45, 7) is 0.905. The van der Waals surface area contributed by atoms with Crippen LogP contribution in [0.5, 0.6) is 0 Å². The zero-order valence-corrected chi connectivity index (χ0v) is 13.4. The van der Waals surface area contributed by atoms with Gasteiger partial charge in [-0.3, -0.25) is 0 Å². The van der Waals surface area contributed by atoms with Crippen molar-refractivity contribution in [1.29, 1.82) is 0 Å². The van der Waals surface area contributed by atoms with Crippen LogP contribution in [-0.4, -0.2) is 32.3 Å². The third-order valence-electron chi connectivity index (χ3n) is 5.00. The van der Waals surface area contributed by atoms with E-state index in [0.29, 0.717) is 6.04 Å². The molecule has 21 heavy (non-hydrogen) atoms. The molecular formula is C18H28N2O. The molecule has 1 saturated heterocycles. The molecule has 2 aliphatic rings. The van der Waals surface area contributed by atoms with Crippen molar-refractivity contribution in [1.82, 2.24) is 0 Å². The molecule has 1 aliphatic heterocycles. The minimum absolute atomic E-state index is 0.168. The highest BCUT2D eigenvalue weighted by Crippen LogP contribution is 2.39. The van der Waals surface area contributed by atoms with Crippen LogP contribution in [0.2, 0.25) is 0 Å². The lowest BCUT2D eigenvalue weighted by Gasteiger charge is -2.44. The zero-order chi connectivity index (χ0) is 14.7. The SMILES string of the molecule is CN(C)c1ccccc1NC1CCOC2(CCCCC2)C1. The van der Waals surface area contributed by atoms with E-state index >= 15 is 0 Å². The van der Waals surface area contributed by atoms with E-state index in [1.165, 1.54) is 43.5 Å². The van der Waals surface area contributed by atoms with Crippen LogP contribution in [0.4, 0.5) is 11.4 Å². The predicted molar refractivity (Wildman–Crippen MR) is 89.2 cm³/mol. The number of ether oxygens (including phenoxy) is 1. The molecule has 3 nitrogen and oxygen atoms in total. The van der Waals surface area contributed by atoms with E-state index in [-0.39, 0.29) is 5.60 Å². The number of hydrogen-bond acceptors (Lipinski definition) is 3. The standard InChI is InChI=1S/C18H28N2O/c1-20(2)17-9-5-4-8-16(17)19-15-10-13-21-18(14-15)11-6-3-7-12-18/h4-5,8-9,15,19H,3,6-7,10-14H2,1-2H3. The number of anilines is 2. The van der Waals surface area contributed by atoms with Gasteiger partial charge in [-0.25, -0.2) is 0 Å². The molecule has 1 saturated carbocycles. The van der Waals surface area contributed by atoms with Crippen LogP contribution in [0.3, 0.4) is 0 Å². The first-order valence-electron chi connectivity index (χ1n) is 8.35. The van der Waals surface area contributed by atoms with Crippen LogP contribution in [0.1, 0.15) is 44.9 Å². The Bertz CT molecular complexity index is 461. The van der Waals surface area contributed by atoms with Gasteiger partial charge in [0.05, 0.1) is 17.0 Å². The van der Waals surface area contributed by atoms with Gasteiger partial charge in [-0.15, -0.1) is 0 Å². The van der Waals surface area contributed by atoms with Crippen molar-refractivity contribution in [3.05, 3.63) is 24.3 Å². The Morgan fingerprint density at radius 2 is 1.90 bits per heavy atom. The molecule has 1 heterocycles. The number of para-hydroxylation sites is 2. The highest BCUT2D eigenvalue weighted by molar-refractivity contribution is 5.69. The van der Waals surface area contributed by atoms with Gasteiger partial charge in [0, 0.05) is 26.7 Å². The molecule has 1 aliphatic carbocycles. The smallest absolute Gasteiger partial charge is 0.0702 e. The maximum Gasteiger partial charge on any atom is 0.0702 e. The first kappa shape index (κ1) is 14.7. The average Bonchev–Trinajstić information content (AvgIpc) is 2.48. The van der Waals surface area contributed by atoms with Crippen molar-refractivity contribution in [2.24, 2.45) is 0 Å². The van der Waals surface area contributed by atoms with Crippen LogP contribution < -0.4 is 10.2 Å². The summed E-state index contributed by atoms with van der Waals surface area (Å²) in [5.74, 6) is 0. The fraction of sp³-hybridized carbons (Fsp3) is 0.667. The second-order valence-corrected chi connectivity index (χ2v) is 6.84. The zero-order valence-electron chi connectivity index (χ0n) is 13.4. The molecule has 2 fully saturated rings. The summed E-state index contributed by atoms with van der Waals surface area (Å²) in [6, 6.07) is 9.13. The van der Waals surface area contributed by atoms with E-state index in [0.717, 1.165) is 19.4 Å². The summed E-state index contributed by atoms with van der Waals surface area (Å²) < 4.78 is 6.20. The van der Waals surface area contributed by atoms with Gasteiger partial charge in [-0.1, -0.05) is 31.4 Å². The van der Waals surface area contributed by atoms with Crippen molar-refractivity contribution < 1.29 is 4.74 Å². The summed E-state index contributed by atoms with van der Waals surface area (Å²) in [5, 5.41) is 3.78. The second kappa shape index (κ2) is 6.27. The summed E-state index contributed by atoms with van der Waals surface area (Å²) in [7, 11) is 4.21. The Morgan fingerprint density at radius 1 is 1.14 bits per heavy atom. The van der Waals surface area contributed by atoms with Crippen LogP contribution in [0.15, 0.2) is 24.3 Å². The molecule has 1 spiro atoms. The van der Waals surface area contributed by atoms with Gasteiger partial charge in [0.15, 0.2) is 0 Å². The molecule has 1 aromatic carbocycles. The van der Waals surface area contributed by atoms with Crippen LogP contribution in [-0.2, 0) is 4.74 Å². The normalized spacial score (nSPS) is 24.8. The number of nitrogens with one attached hydrogen (secondary N) is 1. The van der Waals surface area contributed by atoms with Gasteiger partial charge in [0.1, 0.15) is 0 Å². The van der Waals surface area contributed by atoms with Gasteiger partial charge >= 0.3 is 0 Å². The molecule has 1 N–H and O–H groups in total. The van der Waals surface area contributed by atoms with Gasteiger partial charge in [0.25, 0.3) is 0 Å². The Labute approximate surface area is 128 Å². The minimum atomic E-state index is 0.168. The monoisotopic (exact) mass is 288 g/mol. The number of nitrogens with zero attached hydrogens (tertiary/aromatic N) is 1. The molecule has 0 amide bonds. The highest BCUT2D eigenvalue weighted by atomic mass is 16.5. The summed E-state index contributed by atoms with van der Waals surface area (Å²) in [4.78, 5) is 2.18. The van der Waals surface area contributed by atoms with Crippen LogP contribution in [0.25, 0.3) is 0 Å². The van der Waals surface area contributed by atoms with E-state index in [4.69, 9.17) is 4.74 Å². The second-order valence-electron chi connectivity index (χ2n) is 6.84. The lowest BCUT2D eigenvalue weighted by Crippen LogP contribution is -2.45. The molecule has 1 atom stereocenters. The largest absolute Gasteiger partial charge is 0.380 e. The van der Waals surface area contributed by atoms with E-state index in [1.54, 1.807) is 0 Å². The molecule has 1 aromatic rings. The molecule has 3 heteroatoms. The Balaban J connectivity index is 1.70. The number of hydrogen-bond donors (Lipinski definition) is 1. The van der Waals surface area contributed by atoms with Crippen molar-refractivity contribution in [2.45, 2.75) is 56.6 Å². The number of benzene rings is 1. The molecule has 1 unspecified atom stereocenters. The average molecular weight is 288 g/mol. The van der Waals surface area contributed by atoms with Crippen molar-refractivity contribution in [3.8, 4) is 0 Å². The summed E-state index contributed by atoms with van der Waals surface area (Å²) in [6.07, 6.45) is 8.83. The summed E-state index contributed by atoms with van der Waals surface area (Å²) in [5.41, 5.74) is 2.68. The minimum Gasteiger partial charge on any atom is -0.380 e. The summed E-state index contributed by atoms with van der Waals surface area (Å²) >= 11 is 0. The fourth-order valence-corrected chi connectivity index (χ4v) is 3.90. The third kappa shape index (κ3) is 3.34. The maximum absolute atomic E-state index is 6.20. The lowest BCUT2D eigenvalue weighted by molar-refractivity contribution is -0.103. The van der Waals surface area contributed by atoms with E-state index < -0.39 is 0 Å². The van der Waals surface area contributed by atoms with Gasteiger partial charge < -0.3 is 15.0 Å². The Hall–Kier alpha value is -1.22. The van der Waals surface area contributed by atoms with E-state index in [2.05, 4.69) is 48.6 Å². The molecule has 116 valence electrons. The van der Waals surface area contributed by atoms with Crippen molar-refractivity contribution in [2.75, 3.05) is 30.9 Å². The topological polar surface area (TPSA) is 24.5 Å². The number of rotatable bonds is 3. The highest BCUT2D eigenvalue weighted by Gasteiger charge is 2.38. The Kier molecular flexibility index (Phi) is 4.39. The maximum atomic E-state index is 6.20. The first-order chi connectivity index (χ1) is 10.2. The predicted octanol–water partition coefficient (Wildman–Crippen LogP) is 4.05. The molecular weight excluding hydrogens is 260 g/mol. The Morgan fingerprint density at radius 3 is 2.67 bits per heavy atom. The van der Waals surface area contributed by atoms with Crippen molar-refractivity contribution in [3.63, 3.8) is 0 Å². The fourth-order valence-electron chi connectivity index (χ4n) is 3.90. The van der Waals surface area contributed by atoms with Crippen LogP contribution in [0, 0.1) is 0 Å².